The molecule has 1 aromatic heterocycles. The molecule has 0 unspecified atom stereocenters. The average Bonchev–Trinajstić information content (AvgIpc) is 2.51. The van der Waals surface area contributed by atoms with Gasteiger partial charge >= 0.3 is 0 Å². The van der Waals surface area contributed by atoms with Crippen molar-refractivity contribution in [2.45, 2.75) is 6.92 Å². The Hall–Kier alpha value is -2.55. The average molecular weight is 338 g/mol. The highest BCUT2D eigenvalue weighted by atomic mass is 32.2. The topological polar surface area (TPSA) is 120 Å². The van der Waals surface area contributed by atoms with E-state index in [1.54, 1.807) is 13.0 Å². The number of hydrogen-bond donors (Lipinski definition) is 1. The Labute approximate surface area is 132 Å². The number of nitrogens with zero attached hydrogens (tertiary/aromatic N) is 1. The predicted molar refractivity (Wildman–Crippen MR) is 79.5 cm³/mol. The van der Waals surface area contributed by atoms with Gasteiger partial charge in [-0.05, 0) is 19.1 Å². The maximum Gasteiger partial charge on any atom is 0.292 e. The van der Waals surface area contributed by atoms with Gasteiger partial charge in [-0.2, -0.15) is 0 Å². The lowest BCUT2D eigenvalue weighted by Crippen LogP contribution is -2.41. The lowest BCUT2D eigenvalue weighted by molar-refractivity contribution is -0.126. The normalized spacial score (nSPS) is 18.0. The number of aryl methyl sites for hydroxylation is 1. The quantitative estimate of drug-likeness (QED) is 0.698. The summed E-state index contributed by atoms with van der Waals surface area (Å²) in [5, 5.41) is 2.71. The molecule has 0 saturated heterocycles. The van der Waals surface area contributed by atoms with E-state index in [0.717, 1.165) is 0 Å². The van der Waals surface area contributed by atoms with Crippen molar-refractivity contribution >= 4 is 27.9 Å². The first-order chi connectivity index (χ1) is 10.8. The molecule has 1 aromatic rings. The zero-order chi connectivity index (χ0) is 17.2. The van der Waals surface area contributed by atoms with Crippen LogP contribution in [0.2, 0.25) is 0 Å². The van der Waals surface area contributed by atoms with Gasteiger partial charge in [0.25, 0.3) is 6.47 Å². The van der Waals surface area contributed by atoms with Gasteiger partial charge < -0.3 is 10.1 Å². The predicted octanol–water partition coefficient (Wildman–Crippen LogP) is -0.212. The van der Waals surface area contributed by atoms with Gasteiger partial charge in [0, 0.05) is 12.2 Å². The van der Waals surface area contributed by atoms with Crippen LogP contribution in [-0.4, -0.2) is 50.8 Å². The van der Waals surface area contributed by atoms with Gasteiger partial charge in [0.15, 0.2) is 9.84 Å². The van der Waals surface area contributed by atoms with Gasteiger partial charge in [0.05, 0.1) is 18.4 Å². The van der Waals surface area contributed by atoms with Crippen molar-refractivity contribution in [2.75, 3.05) is 19.4 Å². The fourth-order valence-electron chi connectivity index (χ4n) is 2.24. The molecular weight excluding hydrogens is 324 g/mol. The second-order valence-corrected chi connectivity index (χ2v) is 6.83. The summed E-state index contributed by atoms with van der Waals surface area (Å²) < 4.78 is 27.8. The lowest BCUT2D eigenvalue weighted by Gasteiger charge is -2.24. The third kappa shape index (κ3) is 3.00. The minimum Gasteiger partial charge on any atom is -0.471 e. The molecule has 1 aliphatic heterocycles. The molecule has 0 aromatic carbocycles. The number of rotatable bonds is 1. The molecule has 8 nitrogen and oxygen atoms in total. The highest BCUT2D eigenvalue weighted by Gasteiger charge is 2.41. The van der Waals surface area contributed by atoms with Crippen LogP contribution in [0, 0.1) is 6.92 Å². The largest absolute Gasteiger partial charge is 0.471 e. The van der Waals surface area contributed by atoms with E-state index in [1.165, 1.54) is 13.2 Å². The fourth-order valence-corrected chi connectivity index (χ4v) is 3.68. The van der Waals surface area contributed by atoms with Crippen molar-refractivity contribution in [1.82, 2.24) is 10.3 Å². The number of hydrogen-bond acceptors (Lipinski definition) is 8. The van der Waals surface area contributed by atoms with Crippen molar-refractivity contribution in [3.63, 3.8) is 0 Å². The van der Waals surface area contributed by atoms with E-state index >= 15 is 0 Å². The summed E-state index contributed by atoms with van der Waals surface area (Å²) in [6, 6.07) is 3.03. The second-order valence-electron chi connectivity index (χ2n) is 4.79. The van der Waals surface area contributed by atoms with Crippen LogP contribution in [0.25, 0.3) is 0 Å². The van der Waals surface area contributed by atoms with Crippen LogP contribution in [0.15, 0.2) is 22.7 Å². The Morgan fingerprint density at radius 2 is 1.91 bits per heavy atom. The summed E-state index contributed by atoms with van der Waals surface area (Å²) in [6.45, 7) is 2.20. The van der Waals surface area contributed by atoms with Crippen molar-refractivity contribution in [3.05, 3.63) is 39.7 Å². The molecule has 1 N–H and O–H groups in total. The smallest absolute Gasteiger partial charge is 0.292 e. The molecule has 2 heterocycles. The van der Waals surface area contributed by atoms with Crippen LogP contribution in [0.1, 0.15) is 26.5 Å². The molecule has 0 fully saturated rings. The summed E-state index contributed by atoms with van der Waals surface area (Å²) in [7, 11) is -2.39. The van der Waals surface area contributed by atoms with Gasteiger partial charge in [-0.15, -0.1) is 0 Å². The van der Waals surface area contributed by atoms with E-state index in [4.69, 9.17) is 4.79 Å². The monoisotopic (exact) mass is 338 g/mol. The van der Waals surface area contributed by atoms with Gasteiger partial charge in [0.1, 0.15) is 16.3 Å². The maximum absolute atomic E-state index is 12.3. The Morgan fingerprint density at radius 1 is 1.26 bits per heavy atom. The van der Waals surface area contributed by atoms with Crippen LogP contribution in [0.4, 0.5) is 0 Å². The number of nitrogens with one attached hydrogen (secondary N) is 1. The fraction of sp³-hybridized carbons (Fsp3) is 0.286. The molecule has 0 bridgehead atoms. The summed E-state index contributed by atoms with van der Waals surface area (Å²) in [6.07, 6.45) is 0. The van der Waals surface area contributed by atoms with Gasteiger partial charge in [-0.3, -0.25) is 14.4 Å². The van der Waals surface area contributed by atoms with E-state index in [1.807, 2.05) is 0 Å². The minimum absolute atomic E-state index is 0.0216. The van der Waals surface area contributed by atoms with Crippen LogP contribution in [0.3, 0.4) is 0 Å². The van der Waals surface area contributed by atoms with E-state index in [2.05, 4.69) is 15.0 Å². The first-order valence-corrected chi connectivity index (χ1v) is 8.23. The van der Waals surface area contributed by atoms with E-state index in [-0.39, 0.29) is 29.3 Å². The van der Waals surface area contributed by atoms with Crippen LogP contribution < -0.4 is 5.32 Å². The Balaban J connectivity index is 0.000000433. The Bertz CT molecular complexity index is 826. The third-order valence-electron chi connectivity index (χ3n) is 3.23. The van der Waals surface area contributed by atoms with E-state index in [9.17, 15) is 18.0 Å². The standard InChI is InChI=1S/C12H10N2O4S.C2H4O2/c1-6-2-3-7-8(14-6)11(16)9-12(10(7)15)19(17,18)5-4-13-9;1-4-2-3/h2-3,13H,4-5H2,1H3;2H,1H3. The molecule has 9 heteroatoms. The zero-order valence-electron chi connectivity index (χ0n) is 12.5. The number of carbonyl (C=O) groups is 3. The highest BCUT2D eigenvalue weighted by Crippen LogP contribution is 2.29. The lowest BCUT2D eigenvalue weighted by atomic mass is 9.96. The number of ketones is 2. The van der Waals surface area contributed by atoms with E-state index in [0.29, 0.717) is 12.2 Å². The number of carbonyl (C=O) groups excluding carboxylic acids is 3. The molecule has 122 valence electrons. The van der Waals surface area contributed by atoms with Crippen LogP contribution >= 0.6 is 0 Å². The number of aromatic nitrogens is 1. The SMILES string of the molecule is COC=O.Cc1ccc2c(n1)C(=O)C1=C(C2=O)S(=O)(=O)CCN1. The van der Waals surface area contributed by atoms with Crippen molar-refractivity contribution in [2.24, 2.45) is 0 Å². The Morgan fingerprint density at radius 3 is 2.52 bits per heavy atom. The number of ether oxygens (including phenoxy) is 1. The molecule has 3 rings (SSSR count). The summed E-state index contributed by atoms with van der Waals surface area (Å²) in [5.41, 5.74) is 0.541. The molecule has 0 amide bonds. The van der Waals surface area contributed by atoms with Crippen molar-refractivity contribution in [1.29, 1.82) is 0 Å². The summed E-state index contributed by atoms with van der Waals surface area (Å²) >= 11 is 0. The van der Waals surface area contributed by atoms with Crippen molar-refractivity contribution in [3.8, 4) is 0 Å². The number of pyridine rings is 1. The molecule has 0 atom stereocenters. The first kappa shape index (κ1) is 16.8. The molecule has 1 aliphatic carbocycles. The zero-order valence-corrected chi connectivity index (χ0v) is 13.3. The number of fused-ring (bicyclic) bond motifs is 1. The number of allylic oxidation sites excluding steroid dienone is 2. The van der Waals surface area contributed by atoms with Crippen LogP contribution in [0.5, 0.6) is 0 Å². The number of sulfone groups is 1. The highest BCUT2D eigenvalue weighted by molar-refractivity contribution is 7.96. The molecule has 0 radical (unpaired) electrons. The second kappa shape index (κ2) is 6.29. The van der Waals surface area contributed by atoms with Gasteiger partial charge in [-0.1, -0.05) is 0 Å². The molecule has 23 heavy (non-hydrogen) atoms. The number of Topliss-reactive ketones (excluding diaryl/α,β-unsaturated/α-hetero) is 2. The van der Waals surface area contributed by atoms with Gasteiger partial charge in [0.2, 0.25) is 11.6 Å². The summed E-state index contributed by atoms with van der Waals surface area (Å²) in [4.78, 5) is 37.1. The third-order valence-corrected chi connectivity index (χ3v) is 4.99. The minimum atomic E-state index is -3.70. The van der Waals surface area contributed by atoms with Crippen LogP contribution in [-0.2, 0) is 19.4 Å². The first-order valence-electron chi connectivity index (χ1n) is 6.58. The molecule has 2 aliphatic rings. The van der Waals surface area contributed by atoms with Gasteiger partial charge in [-0.25, -0.2) is 13.4 Å². The maximum atomic E-state index is 12.3. The molecule has 0 saturated carbocycles. The molecule has 0 spiro atoms. The van der Waals surface area contributed by atoms with E-state index < -0.39 is 26.3 Å². The van der Waals surface area contributed by atoms with Crippen molar-refractivity contribution < 1.29 is 27.5 Å². The number of methoxy groups -OCH3 is 1. The Kier molecular flexibility index (Phi) is 4.60. The summed E-state index contributed by atoms with van der Waals surface area (Å²) in [5.74, 6) is -1.36. The molecular formula is C14H14N2O6S.